The lowest BCUT2D eigenvalue weighted by Gasteiger charge is -2.35. The van der Waals surface area contributed by atoms with Gasteiger partial charge in [-0.1, -0.05) is 6.07 Å². The summed E-state index contributed by atoms with van der Waals surface area (Å²) in [7, 11) is 2.01. The molecule has 2 aromatic rings. The molecular weight excluding hydrogens is 260 g/mol. The number of nitrogens with zero attached hydrogens (tertiary/aromatic N) is 4. The van der Waals surface area contributed by atoms with Crippen molar-refractivity contribution in [3.63, 3.8) is 0 Å². The minimum absolute atomic E-state index is 0.550. The number of hydrogen-bond acceptors (Lipinski definition) is 3. The van der Waals surface area contributed by atoms with Gasteiger partial charge in [0.15, 0.2) is 0 Å². The van der Waals surface area contributed by atoms with Gasteiger partial charge in [-0.2, -0.15) is 0 Å². The topological polar surface area (TPSA) is 34.0 Å². The third kappa shape index (κ3) is 3.00. The van der Waals surface area contributed by atoms with Gasteiger partial charge in [0.1, 0.15) is 0 Å². The molecule has 1 fully saturated rings. The molecule has 0 spiro atoms. The predicted octanol–water partition coefficient (Wildman–Crippen LogP) is 3.07. The second kappa shape index (κ2) is 5.98. The predicted molar refractivity (Wildman–Crippen MR) is 85.1 cm³/mol. The van der Waals surface area contributed by atoms with E-state index in [1.807, 2.05) is 24.1 Å². The minimum Gasteiger partial charge on any atom is -0.332 e. The summed E-state index contributed by atoms with van der Waals surface area (Å²) in [6.45, 7) is 6.90. The summed E-state index contributed by atoms with van der Waals surface area (Å²) < 4.78 is 2.02. The summed E-state index contributed by atoms with van der Waals surface area (Å²) >= 11 is 0. The van der Waals surface area contributed by atoms with Gasteiger partial charge >= 0.3 is 0 Å². The van der Waals surface area contributed by atoms with Crippen LogP contribution in [0.3, 0.4) is 0 Å². The number of imidazole rings is 1. The number of aromatic nitrogens is 3. The van der Waals surface area contributed by atoms with E-state index >= 15 is 0 Å². The molecule has 3 rings (SSSR count). The van der Waals surface area contributed by atoms with Crippen LogP contribution >= 0.6 is 0 Å². The van der Waals surface area contributed by atoms with Gasteiger partial charge in [0.05, 0.1) is 23.9 Å². The van der Waals surface area contributed by atoms with E-state index in [9.17, 15) is 0 Å². The van der Waals surface area contributed by atoms with Gasteiger partial charge in [-0.25, -0.2) is 4.98 Å². The average Bonchev–Trinajstić information content (AvgIpc) is 2.94. The molecular formula is C17H24N4. The van der Waals surface area contributed by atoms with Crippen LogP contribution < -0.4 is 0 Å². The summed E-state index contributed by atoms with van der Waals surface area (Å²) in [6.07, 6.45) is 6.21. The number of rotatable bonds is 3. The van der Waals surface area contributed by atoms with Crippen LogP contribution in [0.2, 0.25) is 0 Å². The molecule has 0 aromatic carbocycles. The average molecular weight is 284 g/mol. The molecule has 0 unspecified atom stereocenters. The van der Waals surface area contributed by atoms with Crippen molar-refractivity contribution < 1.29 is 0 Å². The molecule has 4 heteroatoms. The second-order valence-corrected chi connectivity index (χ2v) is 6.27. The van der Waals surface area contributed by atoms with E-state index in [1.54, 1.807) is 0 Å². The zero-order valence-corrected chi connectivity index (χ0v) is 13.2. The largest absolute Gasteiger partial charge is 0.332 e. The van der Waals surface area contributed by atoms with Gasteiger partial charge in [0.2, 0.25) is 0 Å². The molecule has 112 valence electrons. The fourth-order valence-corrected chi connectivity index (χ4v) is 3.14. The number of hydrogen-bond donors (Lipinski definition) is 0. The van der Waals surface area contributed by atoms with Crippen LogP contribution in [-0.2, 0) is 7.05 Å². The Morgan fingerprint density at radius 2 is 2.14 bits per heavy atom. The first-order valence-corrected chi connectivity index (χ1v) is 7.83. The lowest BCUT2D eigenvalue weighted by Crippen LogP contribution is -2.39. The molecule has 3 heterocycles. The van der Waals surface area contributed by atoms with Gasteiger partial charge < -0.3 is 9.47 Å². The number of aryl methyl sites for hydroxylation is 1. The van der Waals surface area contributed by atoms with Gasteiger partial charge in [-0.15, -0.1) is 0 Å². The van der Waals surface area contributed by atoms with Crippen LogP contribution in [0.25, 0.3) is 11.4 Å². The minimum atomic E-state index is 0.550. The molecule has 1 atom stereocenters. The Bertz CT molecular complexity index is 602. The summed E-state index contributed by atoms with van der Waals surface area (Å²) in [5.41, 5.74) is 3.32. The van der Waals surface area contributed by atoms with Crippen LogP contribution in [-0.4, -0.2) is 38.6 Å². The highest BCUT2D eigenvalue weighted by Crippen LogP contribution is 2.28. The first-order valence-electron chi connectivity index (χ1n) is 7.83. The van der Waals surface area contributed by atoms with E-state index in [1.165, 1.54) is 25.1 Å². The van der Waals surface area contributed by atoms with E-state index in [4.69, 9.17) is 4.98 Å². The molecule has 0 aliphatic carbocycles. The van der Waals surface area contributed by atoms with Crippen LogP contribution in [0, 0.1) is 0 Å². The maximum atomic E-state index is 4.91. The van der Waals surface area contributed by atoms with Crippen LogP contribution in [0.4, 0.5) is 0 Å². The Balaban J connectivity index is 1.84. The molecule has 0 amide bonds. The van der Waals surface area contributed by atoms with Crippen LogP contribution in [0.15, 0.2) is 30.7 Å². The van der Waals surface area contributed by atoms with Gasteiger partial charge in [-0.3, -0.25) is 4.98 Å². The molecule has 0 saturated carbocycles. The van der Waals surface area contributed by atoms with Crippen molar-refractivity contribution in [2.75, 3.05) is 13.1 Å². The smallest absolute Gasteiger partial charge is 0.0948 e. The van der Waals surface area contributed by atoms with Gasteiger partial charge in [0, 0.05) is 31.2 Å². The number of likely N-dealkylation sites (tertiary alicyclic amines) is 1. The van der Waals surface area contributed by atoms with Gasteiger partial charge in [-0.05, 0) is 45.4 Å². The van der Waals surface area contributed by atoms with Crippen molar-refractivity contribution in [2.45, 2.75) is 38.6 Å². The fourth-order valence-electron chi connectivity index (χ4n) is 3.14. The SMILES string of the molecule is CC(C)N1CCC[C@H](c2cccc(-c3cncn3C)n2)C1. The normalized spacial score (nSPS) is 20.1. The van der Waals surface area contributed by atoms with E-state index in [2.05, 4.69) is 41.9 Å². The highest BCUT2D eigenvalue weighted by Gasteiger charge is 2.24. The van der Waals surface area contributed by atoms with Gasteiger partial charge in [0.25, 0.3) is 0 Å². The maximum absolute atomic E-state index is 4.91. The van der Waals surface area contributed by atoms with E-state index in [0.717, 1.165) is 17.9 Å². The van der Waals surface area contributed by atoms with Crippen molar-refractivity contribution >= 4 is 0 Å². The Morgan fingerprint density at radius 1 is 1.29 bits per heavy atom. The van der Waals surface area contributed by atoms with E-state index < -0.39 is 0 Å². The summed E-state index contributed by atoms with van der Waals surface area (Å²) in [6, 6.07) is 6.99. The van der Waals surface area contributed by atoms with E-state index in [0.29, 0.717) is 12.0 Å². The Labute approximate surface area is 126 Å². The Kier molecular flexibility index (Phi) is 4.06. The number of piperidine rings is 1. The zero-order chi connectivity index (χ0) is 14.8. The molecule has 1 aliphatic rings. The van der Waals surface area contributed by atoms with Crippen molar-refractivity contribution in [2.24, 2.45) is 7.05 Å². The first kappa shape index (κ1) is 14.3. The third-order valence-corrected chi connectivity index (χ3v) is 4.45. The van der Waals surface area contributed by atoms with E-state index in [-0.39, 0.29) is 0 Å². The highest BCUT2D eigenvalue weighted by molar-refractivity contribution is 5.53. The van der Waals surface area contributed by atoms with Crippen LogP contribution in [0.5, 0.6) is 0 Å². The molecule has 0 radical (unpaired) electrons. The Hall–Kier alpha value is -1.68. The van der Waals surface area contributed by atoms with Crippen molar-refractivity contribution in [3.05, 3.63) is 36.4 Å². The lowest BCUT2D eigenvalue weighted by atomic mass is 9.93. The molecule has 1 aliphatic heterocycles. The summed E-state index contributed by atoms with van der Waals surface area (Å²) in [5, 5.41) is 0. The van der Waals surface area contributed by atoms with Crippen LogP contribution in [0.1, 0.15) is 38.3 Å². The van der Waals surface area contributed by atoms with Crippen molar-refractivity contribution in [3.8, 4) is 11.4 Å². The molecule has 0 bridgehead atoms. The molecule has 4 nitrogen and oxygen atoms in total. The zero-order valence-electron chi connectivity index (χ0n) is 13.2. The molecule has 2 aromatic heterocycles. The molecule has 0 N–H and O–H groups in total. The first-order chi connectivity index (χ1) is 10.1. The van der Waals surface area contributed by atoms with Crippen molar-refractivity contribution in [1.29, 1.82) is 0 Å². The lowest BCUT2D eigenvalue weighted by molar-refractivity contribution is 0.166. The third-order valence-electron chi connectivity index (χ3n) is 4.45. The summed E-state index contributed by atoms with van der Waals surface area (Å²) in [4.78, 5) is 11.7. The highest BCUT2D eigenvalue weighted by atomic mass is 15.2. The number of pyridine rings is 1. The fraction of sp³-hybridized carbons (Fsp3) is 0.529. The maximum Gasteiger partial charge on any atom is 0.0948 e. The molecule has 1 saturated heterocycles. The quantitative estimate of drug-likeness (QED) is 0.868. The standard InChI is InChI=1S/C17H24N4/c1-13(2)21-9-5-6-14(11-21)15-7-4-8-16(19-15)17-10-18-12-20(17)3/h4,7-8,10,12-14H,5-6,9,11H2,1-3H3/t14-/m0/s1. The van der Waals surface area contributed by atoms with Crippen molar-refractivity contribution in [1.82, 2.24) is 19.4 Å². The Morgan fingerprint density at radius 3 is 2.86 bits per heavy atom. The monoisotopic (exact) mass is 284 g/mol. The summed E-state index contributed by atoms with van der Waals surface area (Å²) in [5.74, 6) is 0.550. The second-order valence-electron chi connectivity index (χ2n) is 6.27. The molecule has 21 heavy (non-hydrogen) atoms.